The zero-order valence-corrected chi connectivity index (χ0v) is 14.4. The van der Waals surface area contributed by atoms with Gasteiger partial charge in [0, 0.05) is 31.4 Å². The lowest BCUT2D eigenvalue weighted by molar-refractivity contribution is 0.0342. The van der Waals surface area contributed by atoms with Crippen LogP contribution in [-0.4, -0.2) is 46.7 Å². The molecule has 0 bridgehead atoms. The van der Waals surface area contributed by atoms with Crippen molar-refractivity contribution < 1.29 is 9.53 Å². The first-order valence-electron chi connectivity index (χ1n) is 8.58. The first-order valence-corrected chi connectivity index (χ1v) is 8.58. The van der Waals surface area contributed by atoms with Crippen LogP contribution in [0.2, 0.25) is 0 Å². The maximum absolute atomic E-state index is 11.4. The number of carbonyl (C=O) groups is 1. The van der Waals surface area contributed by atoms with E-state index in [4.69, 9.17) is 16.2 Å². The maximum atomic E-state index is 11.4. The van der Waals surface area contributed by atoms with Crippen molar-refractivity contribution in [1.29, 1.82) is 0 Å². The van der Waals surface area contributed by atoms with Gasteiger partial charge in [-0.3, -0.25) is 9.69 Å². The van der Waals surface area contributed by atoms with Gasteiger partial charge in [-0.25, -0.2) is 4.52 Å². The fourth-order valence-electron chi connectivity index (χ4n) is 3.25. The molecule has 3 heterocycles. The summed E-state index contributed by atoms with van der Waals surface area (Å²) in [6.45, 7) is 4.48. The molecule has 134 valence electrons. The number of nitrogens with zero attached hydrogens (tertiary/aromatic N) is 3. The van der Waals surface area contributed by atoms with Gasteiger partial charge in [-0.05, 0) is 17.2 Å². The van der Waals surface area contributed by atoms with Crippen molar-refractivity contribution >= 4 is 17.1 Å². The Morgan fingerprint density at radius 1 is 1.15 bits per heavy atom. The summed E-state index contributed by atoms with van der Waals surface area (Å²) in [6.07, 6.45) is 3.30. The van der Waals surface area contributed by atoms with Gasteiger partial charge in [0.05, 0.1) is 36.2 Å². The molecule has 7 nitrogen and oxygen atoms in total. The highest BCUT2D eigenvalue weighted by Crippen LogP contribution is 2.27. The molecule has 1 aromatic carbocycles. The second-order valence-electron chi connectivity index (χ2n) is 6.48. The van der Waals surface area contributed by atoms with Gasteiger partial charge in [0.1, 0.15) is 0 Å². The van der Waals surface area contributed by atoms with Crippen LogP contribution in [0.1, 0.15) is 15.9 Å². The van der Waals surface area contributed by atoms with E-state index in [2.05, 4.69) is 34.3 Å². The van der Waals surface area contributed by atoms with Crippen molar-refractivity contribution in [3.8, 4) is 11.1 Å². The Morgan fingerprint density at radius 2 is 1.88 bits per heavy atom. The monoisotopic (exact) mass is 351 g/mol. The van der Waals surface area contributed by atoms with E-state index >= 15 is 0 Å². The van der Waals surface area contributed by atoms with Gasteiger partial charge < -0.3 is 16.2 Å². The van der Waals surface area contributed by atoms with Crippen LogP contribution >= 0.6 is 0 Å². The number of morpholine rings is 1. The molecule has 0 radical (unpaired) electrons. The Labute approximate surface area is 151 Å². The van der Waals surface area contributed by atoms with Crippen molar-refractivity contribution in [1.82, 2.24) is 14.5 Å². The van der Waals surface area contributed by atoms with Gasteiger partial charge in [0.2, 0.25) is 0 Å². The van der Waals surface area contributed by atoms with Gasteiger partial charge >= 0.3 is 0 Å². The molecule has 0 spiro atoms. The van der Waals surface area contributed by atoms with Crippen molar-refractivity contribution in [3.05, 3.63) is 53.9 Å². The lowest BCUT2D eigenvalue weighted by atomic mass is 10.1. The van der Waals surface area contributed by atoms with Crippen molar-refractivity contribution in [2.75, 3.05) is 32.0 Å². The average molecular weight is 351 g/mol. The predicted molar refractivity (Wildman–Crippen MR) is 99.7 cm³/mol. The minimum atomic E-state index is -0.576. The topological polar surface area (TPSA) is 98.9 Å². The number of amides is 1. The Morgan fingerprint density at radius 3 is 2.58 bits per heavy atom. The molecule has 0 aliphatic carbocycles. The third-order valence-electron chi connectivity index (χ3n) is 4.74. The molecular formula is C19H21N5O2. The van der Waals surface area contributed by atoms with Gasteiger partial charge in [-0.2, -0.15) is 5.10 Å². The molecule has 4 rings (SSSR count). The van der Waals surface area contributed by atoms with Crippen LogP contribution in [0.15, 0.2) is 42.7 Å². The number of ether oxygens (including phenoxy) is 1. The molecule has 7 heteroatoms. The van der Waals surface area contributed by atoms with Crippen LogP contribution < -0.4 is 11.5 Å². The fourth-order valence-corrected chi connectivity index (χ4v) is 3.25. The second kappa shape index (κ2) is 6.78. The Hall–Kier alpha value is -2.90. The molecule has 1 aliphatic rings. The standard InChI is InChI=1S/C19H21N5O2/c20-18-16(19(21)25)10-22-24-12-15(9-17(18)24)14-3-1-13(2-4-14)11-23-5-7-26-8-6-23/h1-4,9-10,12H,5-8,11,20H2,(H2,21,25). The molecule has 1 amide bonds. The number of aromatic nitrogens is 2. The molecular weight excluding hydrogens is 330 g/mol. The smallest absolute Gasteiger partial charge is 0.252 e. The number of hydrogen-bond acceptors (Lipinski definition) is 5. The van der Waals surface area contributed by atoms with E-state index in [0.717, 1.165) is 44.0 Å². The van der Waals surface area contributed by atoms with E-state index in [-0.39, 0.29) is 5.56 Å². The minimum Gasteiger partial charge on any atom is -0.396 e. The second-order valence-corrected chi connectivity index (χ2v) is 6.48. The SMILES string of the molecule is NC(=O)c1cnn2cc(-c3ccc(CN4CCOCC4)cc3)cc2c1N. The number of rotatable bonds is 4. The Kier molecular flexibility index (Phi) is 4.32. The summed E-state index contributed by atoms with van der Waals surface area (Å²) in [5, 5.41) is 4.22. The maximum Gasteiger partial charge on any atom is 0.252 e. The Bertz CT molecular complexity index is 942. The van der Waals surface area contributed by atoms with Gasteiger partial charge in [0.15, 0.2) is 0 Å². The number of benzene rings is 1. The van der Waals surface area contributed by atoms with Crippen LogP contribution in [0, 0.1) is 0 Å². The number of primary amides is 1. The molecule has 1 saturated heterocycles. The van der Waals surface area contributed by atoms with E-state index in [9.17, 15) is 4.79 Å². The third kappa shape index (κ3) is 3.14. The van der Waals surface area contributed by atoms with Crippen LogP contribution in [0.3, 0.4) is 0 Å². The molecule has 3 aromatic rings. The first-order chi connectivity index (χ1) is 12.6. The number of anilines is 1. The number of nitrogen functional groups attached to an aromatic ring is 1. The van der Waals surface area contributed by atoms with Crippen LogP contribution in [0.25, 0.3) is 16.6 Å². The van der Waals surface area contributed by atoms with Crippen LogP contribution in [-0.2, 0) is 11.3 Å². The molecule has 4 N–H and O–H groups in total. The molecule has 0 saturated carbocycles. The molecule has 2 aromatic heterocycles. The zero-order chi connectivity index (χ0) is 18.1. The molecule has 0 atom stereocenters. The highest BCUT2D eigenvalue weighted by atomic mass is 16.5. The zero-order valence-electron chi connectivity index (χ0n) is 14.4. The summed E-state index contributed by atoms with van der Waals surface area (Å²) < 4.78 is 7.05. The number of nitrogens with two attached hydrogens (primary N) is 2. The molecule has 0 unspecified atom stereocenters. The van der Waals surface area contributed by atoms with E-state index in [1.165, 1.54) is 11.8 Å². The quantitative estimate of drug-likeness (QED) is 0.742. The van der Waals surface area contributed by atoms with E-state index in [1.807, 2.05) is 12.3 Å². The van der Waals surface area contributed by atoms with E-state index in [0.29, 0.717) is 11.2 Å². The summed E-state index contributed by atoms with van der Waals surface area (Å²) >= 11 is 0. The fraction of sp³-hybridized carbons (Fsp3) is 0.263. The molecule has 1 fully saturated rings. The predicted octanol–water partition coefficient (Wildman–Crippen LogP) is 1.51. The third-order valence-corrected chi connectivity index (χ3v) is 4.74. The average Bonchev–Trinajstić information content (AvgIpc) is 3.08. The van der Waals surface area contributed by atoms with Crippen molar-refractivity contribution in [3.63, 3.8) is 0 Å². The molecule has 26 heavy (non-hydrogen) atoms. The Balaban J connectivity index is 1.59. The number of hydrogen-bond donors (Lipinski definition) is 2. The lowest BCUT2D eigenvalue weighted by Crippen LogP contribution is -2.35. The summed E-state index contributed by atoms with van der Waals surface area (Å²) in [5.74, 6) is -0.576. The highest BCUT2D eigenvalue weighted by molar-refractivity contribution is 6.01. The lowest BCUT2D eigenvalue weighted by Gasteiger charge is -2.26. The largest absolute Gasteiger partial charge is 0.396 e. The normalized spacial score (nSPS) is 15.4. The van der Waals surface area contributed by atoms with E-state index < -0.39 is 5.91 Å². The van der Waals surface area contributed by atoms with Gasteiger partial charge in [-0.1, -0.05) is 24.3 Å². The van der Waals surface area contributed by atoms with E-state index in [1.54, 1.807) is 4.52 Å². The van der Waals surface area contributed by atoms with Crippen molar-refractivity contribution in [2.45, 2.75) is 6.54 Å². The van der Waals surface area contributed by atoms with Gasteiger partial charge in [0.25, 0.3) is 5.91 Å². The minimum absolute atomic E-state index is 0.239. The summed E-state index contributed by atoms with van der Waals surface area (Å²) in [7, 11) is 0. The number of carbonyl (C=O) groups excluding carboxylic acids is 1. The summed E-state index contributed by atoms with van der Waals surface area (Å²) in [6, 6.07) is 10.4. The molecule has 1 aliphatic heterocycles. The number of fused-ring (bicyclic) bond motifs is 1. The van der Waals surface area contributed by atoms with Crippen LogP contribution in [0.5, 0.6) is 0 Å². The first kappa shape index (κ1) is 16.6. The van der Waals surface area contributed by atoms with Crippen molar-refractivity contribution in [2.24, 2.45) is 5.73 Å². The highest BCUT2D eigenvalue weighted by Gasteiger charge is 2.13. The van der Waals surface area contributed by atoms with Gasteiger partial charge in [-0.15, -0.1) is 0 Å². The van der Waals surface area contributed by atoms with Crippen LogP contribution in [0.4, 0.5) is 5.69 Å². The summed E-state index contributed by atoms with van der Waals surface area (Å²) in [4.78, 5) is 13.8. The summed E-state index contributed by atoms with van der Waals surface area (Å²) in [5.41, 5.74) is 16.0.